The normalized spacial score (nSPS) is 33.4. The molecule has 26 heavy (non-hydrogen) atoms. The van der Waals surface area contributed by atoms with Crippen LogP contribution in [0.5, 0.6) is 5.75 Å². The Bertz CT molecular complexity index is 912. The van der Waals surface area contributed by atoms with E-state index in [1.165, 1.54) is 12.1 Å². The maximum atomic E-state index is 13.2. The van der Waals surface area contributed by atoms with E-state index < -0.39 is 25.0 Å². The van der Waals surface area contributed by atoms with Crippen molar-refractivity contribution in [3.8, 4) is 5.75 Å². The van der Waals surface area contributed by atoms with E-state index in [-0.39, 0.29) is 17.8 Å². The van der Waals surface area contributed by atoms with E-state index in [0.717, 1.165) is 19.3 Å². The Morgan fingerprint density at radius 1 is 0.923 bits per heavy atom. The van der Waals surface area contributed by atoms with Gasteiger partial charge in [-0.2, -0.15) is 16.8 Å². The summed E-state index contributed by atoms with van der Waals surface area (Å²) in [4.78, 5) is -0.224. The van der Waals surface area contributed by atoms with Crippen molar-refractivity contribution in [1.82, 2.24) is 0 Å². The van der Waals surface area contributed by atoms with Crippen molar-refractivity contribution < 1.29 is 25.6 Å². The summed E-state index contributed by atoms with van der Waals surface area (Å²) in [5, 5.41) is 0. The molecule has 0 aliphatic heterocycles. The molecule has 1 N–H and O–H groups in total. The molecule has 1 aromatic carbocycles. The first kappa shape index (κ1) is 19.6. The Morgan fingerprint density at radius 3 is 1.73 bits per heavy atom. The topological polar surface area (TPSA) is 97.7 Å². The number of benzene rings is 1. The molecule has 10 heteroatoms. The van der Waals surface area contributed by atoms with Crippen LogP contribution in [-0.4, -0.2) is 26.1 Å². The quantitative estimate of drug-likeness (QED) is 0.311. The fourth-order valence-electron chi connectivity index (χ4n) is 5.38. The molecule has 4 bridgehead atoms. The minimum Gasteiger partial charge on any atom is -0.382 e. The Morgan fingerprint density at radius 2 is 1.35 bits per heavy atom. The van der Waals surface area contributed by atoms with Gasteiger partial charge in [0.1, 0.15) is 15.4 Å². The van der Waals surface area contributed by atoms with Gasteiger partial charge in [-0.05, 0) is 114 Å². The van der Waals surface area contributed by atoms with Crippen molar-refractivity contribution in [2.45, 2.75) is 48.2 Å². The molecule has 0 heterocycles. The number of hydrogen-bond acceptors (Lipinski definition) is 5. The summed E-state index contributed by atoms with van der Waals surface area (Å²) in [6, 6.07) is 2.70. The molecule has 0 saturated heterocycles. The lowest BCUT2D eigenvalue weighted by Crippen LogP contribution is -2.55. The molecule has 5 rings (SSSR count). The van der Waals surface area contributed by atoms with Gasteiger partial charge in [0, 0.05) is 7.14 Å². The Labute approximate surface area is 180 Å². The van der Waals surface area contributed by atoms with Crippen LogP contribution in [0.15, 0.2) is 17.0 Å². The molecular weight excluding hydrogens is 606 g/mol. The number of rotatable bonds is 4. The predicted molar refractivity (Wildman–Crippen MR) is 112 cm³/mol. The number of hydrogen-bond donors (Lipinski definition) is 1. The Hall–Kier alpha value is 0.340. The van der Waals surface area contributed by atoms with Gasteiger partial charge >= 0.3 is 10.1 Å². The third-order valence-corrected chi connectivity index (χ3v) is 11.3. The largest absolute Gasteiger partial charge is 0.382 e. The highest BCUT2D eigenvalue weighted by Gasteiger charge is 2.58. The van der Waals surface area contributed by atoms with Crippen LogP contribution in [0.3, 0.4) is 0 Å². The van der Waals surface area contributed by atoms with E-state index in [0.29, 0.717) is 37.0 Å². The second-order valence-corrected chi connectivity index (χ2v) is 13.5. The van der Waals surface area contributed by atoms with Gasteiger partial charge in [0.25, 0.3) is 10.1 Å². The summed E-state index contributed by atoms with van der Waals surface area (Å²) in [6.45, 7) is 0. The molecule has 0 amide bonds. The predicted octanol–water partition coefficient (Wildman–Crippen LogP) is 3.82. The second-order valence-electron chi connectivity index (χ2n) is 7.83. The van der Waals surface area contributed by atoms with Crippen molar-refractivity contribution in [3.05, 3.63) is 19.3 Å². The monoisotopic (exact) mass is 624 g/mol. The maximum absolute atomic E-state index is 13.2. The van der Waals surface area contributed by atoms with Crippen molar-refractivity contribution in [3.63, 3.8) is 0 Å². The summed E-state index contributed by atoms with van der Waals surface area (Å²) >= 11 is 3.52. The molecule has 4 aliphatic rings. The van der Waals surface area contributed by atoms with Crippen LogP contribution in [0.25, 0.3) is 0 Å². The average molecular weight is 624 g/mol. The maximum Gasteiger partial charge on any atom is 0.315 e. The molecule has 0 radical (unpaired) electrons. The van der Waals surface area contributed by atoms with E-state index >= 15 is 0 Å². The van der Waals surface area contributed by atoms with Crippen LogP contribution < -0.4 is 4.18 Å². The van der Waals surface area contributed by atoms with Crippen LogP contribution in [0.1, 0.15) is 38.5 Å². The van der Waals surface area contributed by atoms with Gasteiger partial charge < -0.3 is 4.18 Å². The van der Waals surface area contributed by atoms with Crippen LogP contribution >= 0.6 is 45.2 Å². The highest BCUT2D eigenvalue weighted by atomic mass is 127. The van der Waals surface area contributed by atoms with Gasteiger partial charge in [-0.25, -0.2) is 0 Å². The summed E-state index contributed by atoms with van der Waals surface area (Å²) in [6.07, 6.45) is 5.39. The summed E-state index contributed by atoms with van der Waals surface area (Å²) < 4.78 is 63.8. The molecule has 144 valence electrons. The lowest BCUT2D eigenvalue weighted by Gasteiger charge is -2.55. The van der Waals surface area contributed by atoms with Crippen LogP contribution in [0.2, 0.25) is 0 Å². The third-order valence-electron chi connectivity index (χ3n) is 5.95. The fourth-order valence-corrected chi connectivity index (χ4v) is 11.2. The highest BCUT2D eigenvalue weighted by molar-refractivity contribution is 14.1. The van der Waals surface area contributed by atoms with Crippen molar-refractivity contribution in [2.75, 3.05) is 0 Å². The molecule has 4 aliphatic carbocycles. The van der Waals surface area contributed by atoms with Gasteiger partial charge in [-0.1, -0.05) is 0 Å². The summed E-state index contributed by atoms with van der Waals surface area (Å²) in [5.74, 6) is 1.52. The summed E-state index contributed by atoms with van der Waals surface area (Å²) in [7, 11) is -8.21. The van der Waals surface area contributed by atoms with Gasteiger partial charge in [0.15, 0.2) is 0 Å². The zero-order valence-electron chi connectivity index (χ0n) is 13.7. The van der Waals surface area contributed by atoms with Crippen molar-refractivity contribution in [2.24, 2.45) is 17.8 Å². The zero-order valence-corrected chi connectivity index (χ0v) is 19.6. The second kappa shape index (κ2) is 6.42. The van der Waals surface area contributed by atoms with E-state index in [4.69, 9.17) is 4.18 Å². The molecular formula is C16H18I2O6S2. The van der Waals surface area contributed by atoms with Gasteiger partial charge in [0.05, 0.1) is 0 Å². The van der Waals surface area contributed by atoms with Crippen LogP contribution in [0.4, 0.5) is 0 Å². The molecule has 4 saturated carbocycles. The molecule has 6 nitrogen and oxygen atoms in total. The minimum atomic E-state index is -4.38. The van der Waals surface area contributed by atoms with Gasteiger partial charge in [0.2, 0.25) is 0 Å². The summed E-state index contributed by atoms with van der Waals surface area (Å²) in [5.41, 5.74) is 0. The smallest absolute Gasteiger partial charge is 0.315 e. The first-order valence-electron chi connectivity index (χ1n) is 8.40. The standard InChI is InChI=1S/C16H18I2O6S2/c17-13-4-12(5-14(18)15(13)25(19,20)21)24-26(22,23)16-6-9-1-10(7-16)3-11(2-9)8-16/h4-5,9-11H,1-3,6-8H2,(H,19,20,21). The zero-order chi connectivity index (χ0) is 18.9. The Kier molecular flexibility index (Phi) is 4.85. The Balaban J connectivity index is 1.67. The van der Waals surface area contributed by atoms with E-state index in [1.807, 2.05) is 0 Å². The molecule has 0 atom stereocenters. The van der Waals surface area contributed by atoms with Crippen molar-refractivity contribution >= 4 is 65.4 Å². The van der Waals surface area contributed by atoms with E-state index in [1.54, 1.807) is 45.2 Å². The molecule has 4 fully saturated rings. The molecule has 0 unspecified atom stereocenters. The van der Waals surface area contributed by atoms with Gasteiger partial charge in [-0.15, -0.1) is 0 Å². The van der Waals surface area contributed by atoms with E-state index in [2.05, 4.69) is 0 Å². The van der Waals surface area contributed by atoms with Gasteiger partial charge in [-0.3, -0.25) is 4.55 Å². The minimum absolute atomic E-state index is 0.0990. The molecule has 1 aromatic rings. The van der Waals surface area contributed by atoms with Crippen molar-refractivity contribution in [1.29, 1.82) is 0 Å². The SMILES string of the molecule is O=S(=O)(O)c1c(I)cc(OS(=O)(=O)C23CC4CC(CC(C4)C2)C3)cc1I. The number of halogens is 2. The van der Waals surface area contributed by atoms with Crippen LogP contribution in [-0.2, 0) is 20.2 Å². The molecule has 0 aromatic heterocycles. The first-order valence-corrected chi connectivity index (χ1v) is 13.4. The lowest BCUT2D eigenvalue weighted by atomic mass is 9.56. The third kappa shape index (κ3) is 3.30. The highest BCUT2D eigenvalue weighted by Crippen LogP contribution is 2.58. The first-order chi connectivity index (χ1) is 12.0. The van der Waals surface area contributed by atoms with Crippen LogP contribution in [0, 0.1) is 24.9 Å². The fraction of sp³-hybridized carbons (Fsp3) is 0.625. The lowest BCUT2D eigenvalue weighted by molar-refractivity contribution is 0.0308. The molecule has 0 spiro atoms. The van der Waals surface area contributed by atoms with E-state index in [9.17, 15) is 21.4 Å². The average Bonchev–Trinajstić information content (AvgIpc) is 2.42.